The molecule has 0 spiro atoms. The summed E-state index contributed by atoms with van der Waals surface area (Å²) in [7, 11) is 0. The summed E-state index contributed by atoms with van der Waals surface area (Å²) in [6.07, 6.45) is 8.44. The van der Waals surface area contributed by atoms with Crippen LogP contribution in [-0.4, -0.2) is 16.1 Å². The molecule has 1 aromatic heterocycles. The first kappa shape index (κ1) is 17.0. The van der Waals surface area contributed by atoms with E-state index >= 15 is 0 Å². The zero-order chi connectivity index (χ0) is 16.8. The highest BCUT2D eigenvalue weighted by Crippen LogP contribution is 2.39. The van der Waals surface area contributed by atoms with Gasteiger partial charge in [0, 0.05) is 23.4 Å². The number of aromatic nitrogens is 1. The molecule has 0 bridgehead atoms. The number of aryl methyl sites for hydroxylation is 1. The molecule has 126 valence electrons. The van der Waals surface area contributed by atoms with Gasteiger partial charge in [-0.3, -0.25) is 5.41 Å². The van der Waals surface area contributed by atoms with E-state index in [1.165, 1.54) is 36.0 Å². The number of benzene rings is 1. The van der Waals surface area contributed by atoms with E-state index < -0.39 is 0 Å². The summed E-state index contributed by atoms with van der Waals surface area (Å²) < 4.78 is 0. The minimum absolute atomic E-state index is 0.389. The molecule has 0 amide bonds. The van der Waals surface area contributed by atoms with Gasteiger partial charge in [0.05, 0.1) is 0 Å². The number of thioether (sulfide) groups is 1. The Morgan fingerprint density at radius 1 is 1.25 bits per heavy atom. The maximum Gasteiger partial charge on any atom is 0.107 e. The zero-order valence-electron chi connectivity index (χ0n) is 13.8. The van der Waals surface area contributed by atoms with Crippen LogP contribution in [-0.2, 0) is 6.42 Å². The van der Waals surface area contributed by atoms with Crippen molar-refractivity contribution in [1.82, 2.24) is 10.4 Å². The van der Waals surface area contributed by atoms with E-state index in [1.807, 2.05) is 24.0 Å². The standard InChI is InChI=1S/C19H24N4S/c20-18(23-21)8-1-4-14-9-11-15(12-10-14)17-7-3-13-22-19(17)24-16-5-2-6-16/h3,7,9-13,16H,1-2,4-6,8,21H2,(H2,20,23). The molecule has 5 heteroatoms. The van der Waals surface area contributed by atoms with Crippen LogP contribution in [0.5, 0.6) is 0 Å². The van der Waals surface area contributed by atoms with Crippen LogP contribution in [0.4, 0.5) is 0 Å². The first-order chi connectivity index (χ1) is 11.8. The molecule has 1 aliphatic rings. The van der Waals surface area contributed by atoms with Gasteiger partial charge in [-0.05, 0) is 42.9 Å². The molecule has 1 aromatic carbocycles. The average Bonchev–Trinajstić information content (AvgIpc) is 2.59. The Kier molecular flexibility index (Phi) is 5.88. The Labute approximate surface area is 147 Å². The van der Waals surface area contributed by atoms with E-state index in [-0.39, 0.29) is 0 Å². The number of nitrogens with two attached hydrogens (primary N) is 1. The summed E-state index contributed by atoms with van der Waals surface area (Å²) >= 11 is 1.92. The largest absolute Gasteiger partial charge is 0.312 e. The number of rotatable bonds is 7. The van der Waals surface area contributed by atoms with Crippen molar-refractivity contribution in [3.63, 3.8) is 0 Å². The van der Waals surface area contributed by atoms with Crippen molar-refractivity contribution < 1.29 is 0 Å². The summed E-state index contributed by atoms with van der Waals surface area (Å²) in [4.78, 5) is 4.60. The minimum atomic E-state index is 0.389. The van der Waals surface area contributed by atoms with Crippen molar-refractivity contribution in [2.45, 2.75) is 48.8 Å². The quantitative estimate of drug-likeness (QED) is 0.306. The summed E-state index contributed by atoms with van der Waals surface area (Å²) in [5, 5.41) is 9.39. The van der Waals surface area contributed by atoms with Crippen molar-refractivity contribution >= 4 is 17.6 Å². The molecule has 1 saturated carbocycles. The van der Waals surface area contributed by atoms with Gasteiger partial charge in [0.25, 0.3) is 0 Å². The van der Waals surface area contributed by atoms with Crippen LogP contribution in [0.2, 0.25) is 0 Å². The summed E-state index contributed by atoms with van der Waals surface area (Å²) in [6.45, 7) is 0. The average molecular weight is 340 g/mol. The Morgan fingerprint density at radius 2 is 2.04 bits per heavy atom. The number of amidine groups is 1. The maximum atomic E-state index is 7.50. The van der Waals surface area contributed by atoms with Crippen molar-refractivity contribution in [3.05, 3.63) is 48.2 Å². The minimum Gasteiger partial charge on any atom is -0.312 e. The molecular weight excluding hydrogens is 316 g/mol. The van der Waals surface area contributed by atoms with E-state index in [1.54, 1.807) is 0 Å². The predicted molar refractivity (Wildman–Crippen MR) is 101 cm³/mol. The normalized spacial score (nSPS) is 14.2. The Balaban J connectivity index is 1.66. The third-order valence-electron chi connectivity index (χ3n) is 4.43. The monoisotopic (exact) mass is 340 g/mol. The van der Waals surface area contributed by atoms with Gasteiger partial charge in [0.1, 0.15) is 10.9 Å². The second-order valence-electron chi connectivity index (χ2n) is 6.20. The number of hydrogen-bond donors (Lipinski definition) is 3. The maximum absolute atomic E-state index is 7.50. The summed E-state index contributed by atoms with van der Waals surface area (Å²) in [5.74, 6) is 5.60. The Hall–Kier alpha value is -1.85. The van der Waals surface area contributed by atoms with Crippen molar-refractivity contribution in [3.8, 4) is 11.1 Å². The molecule has 0 atom stereocenters. The fourth-order valence-electron chi connectivity index (χ4n) is 2.74. The smallest absolute Gasteiger partial charge is 0.107 e. The lowest BCUT2D eigenvalue weighted by molar-refractivity contribution is 0.521. The van der Waals surface area contributed by atoms with Gasteiger partial charge in [0.2, 0.25) is 0 Å². The van der Waals surface area contributed by atoms with Crippen molar-refractivity contribution in [1.29, 1.82) is 5.41 Å². The van der Waals surface area contributed by atoms with Crippen LogP contribution in [0.1, 0.15) is 37.7 Å². The van der Waals surface area contributed by atoms with Crippen LogP contribution in [0, 0.1) is 5.41 Å². The fraction of sp³-hybridized carbons (Fsp3) is 0.368. The third kappa shape index (κ3) is 4.36. The van der Waals surface area contributed by atoms with Gasteiger partial charge in [-0.2, -0.15) is 0 Å². The SMILES string of the molecule is N=C(CCCc1ccc(-c2cccnc2SC2CCC2)cc1)NN. The number of hydrogen-bond acceptors (Lipinski definition) is 4. The van der Waals surface area contributed by atoms with Crippen LogP contribution in [0.15, 0.2) is 47.6 Å². The summed E-state index contributed by atoms with van der Waals surface area (Å²) in [5.41, 5.74) is 6.14. The highest BCUT2D eigenvalue weighted by Gasteiger charge is 2.20. The van der Waals surface area contributed by atoms with Crippen molar-refractivity contribution in [2.75, 3.05) is 0 Å². The van der Waals surface area contributed by atoms with E-state index in [9.17, 15) is 0 Å². The van der Waals surface area contributed by atoms with Gasteiger partial charge in [-0.1, -0.05) is 36.8 Å². The molecule has 3 rings (SSSR count). The van der Waals surface area contributed by atoms with Crippen LogP contribution in [0.3, 0.4) is 0 Å². The van der Waals surface area contributed by atoms with Gasteiger partial charge in [-0.25, -0.2) is 10.8 Å². The van der Waals surface area contributed by atoms with Crippen LogP contribution >= 0.6 is 11.8 Å². The second-order valence-corrected chi connectivity index (χ2v) is 7.49. The molecule has 1 heterocycles. The van der Waals surface area contributed by atoms with Crippen LogP contribution < -0.4 is 11.3 Å². The zero-order valence-corrected chi connectivity index (χ0v) is 14.6. The first-order valence-electron chi connectivity index (χ1n) is 8.51. The molecule has 1 fully saturated rings. The third-order valence-corrected chi connectivity index (χ3v) is 5.79. The molecule has 0 saturated heterocycles. The predicted octanol–water partition coefficient (Wildman–Crippen LogP) is 4.16. The summed E-state index contributed by atoms with van der Waals surface area (Å²) in [6, 6.07) is 12.9. The van der Waals surface area contributed by atoms with E-state index in [4.69, 9.17) is 11.3 Å². The molecule has 0 unspecified atom stereocenters. The lowest BCUT2D eigenvalue weighted by atomic mass is 10.00. The molecule has 24 heavy (non-hydrogen) atoms. The van der Waals surface area contributed by atoms with Gasteiger partial charge in [-0.15, -0.1) is 11.8 Å². The lowest BCUT2D eigenvalue weighted by Gasteiger charge is -2.24. The lowest BCUT2D eigenvalue weighted by Crippen LogP contribution is -2.29. The van der Waals surface area contributed by atoms with Crippen molar-refractivity contribution in [2.24, 2.45) is 5.84 Å². The fourth-order valence-corrected chi connectivity index (χ4v) is 4.06. The van der Waals surface area contributed by atoms with E-state index in [0.717, 1.165) is 23.1 Å². The molecule has 4 nitrogen and oxygen atoms in total. The van der Waals surface area contributed by atoms with Crippen LogP contribution in [0.25, 0.3) is 11.1 Å². The van der Waals surface area contributed by atoms with Gasteiger partial charge in [0.15, 0.2) is 0 Å². The topological polar surface area (TPSA) is 74.8 Å². The highest BCUT2D eigenvalue weighted by atomic mass is 32.2. The first-order valence-corrected chi connectivity index (χ1v) is 9.39. The number of hydrazine groups is 1. The molecule has 4 N–H and O–H groups in total. The Morgan fingerprint density at radius 3 is 2.71 bits per heavy atom. The second kappa shape index (κ2) is 8.31. The Bertz CT molecular complexity index is 680. The molecule has 2 aromatic rings. The molecule has 0 radical (unpaired) electrons. The number of nitrogens with zero attached hydrogens (tertiary/aromatic N) is 1. The van der Waals surface area contributed by atoms with Gasteiger partial charge >= 0.3 is 0 Å². The number of nitrogens with one attached hydrogen (secondary N) is 2. The highest BCUT2D eigenvalue weighted by molar-refractivity contribution is 8.00. The van der Waals surface area contributed by atoms with Gasteiger partial charge < -0.3 is 5.43 Å². The van der Waals surface area contributed by atoms with E-state index in [2.05, 4.69) is 40.7 Å². The van der Waals surface area contributed by atoms with E-state index in [0.29, 0.717) is 12.3 Å². The number of pyridine rings is 1. The molecule has 1 aliphatic carbocycles. The molecular formula is C19H24N4S. The molecule has 0 aliphatic heterocycles.